The molecule has 0 bridgehead atoms. The van der Waals surface area contributed by atoms with Gasteiger partial charge in [-0.25, -0.2) is 0 Å². The third kappa shape index (κ3) is 5.75. The summed E-state index contributed by atoms with van der Waals surface area (Å²) in [5, 5.41) is 11.9. The third-order valence-corrected chi connectivity index (χ3v) is 2.47. The Balaban J connectivity index is 2.75. The maximum Gasteiger partial charge on any atom is 0.226 e. The molecule has 0 aromatic heterocycles. The minimum Gasteiger partial charge on any atom is -0.384 e. The molecule has 102 valence electrons. The number of benzene rings is 1. The van der Waals surface area contributed by atoms with E-state index in [0.717, 1.165) is 0 Å². The van der Waals surface area contributed by atoms with E-state index < -0.39 is 0 Å². The van der Waals surface area contributed by atoms with Crippen LogP contribution >= 0.6 is 11.6 Å². The summed E-state index contributed by atoms with van der Waals surface area (Å²) in [7, 11) is 0. The Hall–Kier alpha value is -1.54. The average Bonchev–Trinajstić information content (AvgIpc) is 2.38. The quantitative estimate of drug-likeness (QED) is 0.641. The first-order valence-electron chi connectivity index (χ1n) is 5.94. The SMILES string of the molecule is CCOCCC(=O)Nc1cc(Cl)ccc1C#CCO. The molecule has 0 aliphatic carbocycles. The molecule has 0 unspecified atom stereocenters. The number of ether oxygens (including phenoxy) is 1. The number of hydrogen-bond acceptors (Lipinski definition) is 3. The number of rotatable bonds is 5. The van der Waals surface area contributed by atoms with E-state index >= 15 is 0 Å². The van der Waals surface area contributed by atoms with Crippen LogP contribution in [0.15, 0.2) is 18.2 Å². The van der Waals surface area contributed by atoms with E-state index in [9.17, 15) is 4.79 Å². The van der Waals surface area contributed by atoms with Crippen molar-refractivity contribution in [1.29, 1.82) is 0 Å². The monoisotopic (exact) mass is 281 g/mol. The molecule has 19 heavy (non-hydrogen) atoms. The molecular formula is C14H16ClNO3. The summed E-state index contributed by atoms with van der Waals surface area (Å²) in [6.45, 7) is 2.59. The zero-order valence-corrected chi connectivity index (χ0v) is 11.5. The Labute approximate surface area is 117 Å². The molecule has 1 aromatic rings. The molecule has 5 heteroatoms. The lowest BCUT2D eigenvalue weighted by molar-refractivity contribution is -0.117. The molecular weight excluding hydrogens is 266 g/mol. The van der Waals surface area contributed by atoms with E-state index in [-0.39, 0.29) is 18.9 Å². The second-order valence-electron chi connectivity index (χ2n) is 3.64. The van der Waals surface area contributed by atoms with Crippen molar-refractivity contribution >= 4 is 23.2 Å². The number of halogens is 1. The van der Waals surface area contributed by atoms with Crippen molar-refractivity contribution in [2.45, 2.75) is 13.3 Å². The second-order valence-corrected chi connectivity index (χ2v) is 4.08. The molecule has 0 spiro atoms. The topological polar surface area (TPSA) is 58.6 Å². The van der Waals surface area contributed by atoms with Gasteiger partial charge in [-0.1, -0.05) is 23.4 Å². The van der Waals surface area contributed by atoms with Crippen molar-refractivity contribution in [1.82, 2.24) is 0 Å². The van der Waals surface area contributed by atoms with Gasteiger partial charge in [-0.2, -0.15) is 0 Å². The van der Waals surface area contributed by atoms with Crippen LogP contribution in [0.5, 0.6) is 0 Å². The highest BCUT2D eigenvalue weighted by molar-refractivity contribution is 6.31. The van der Waals surface area contributed by atoms with Gasteiger partial charge < -0.3 is 15.2 Å². The molecule has 0 aliphatic heterocycles. The minimum atomic E-state index is -0.236. The summed E-state index contributed by atoms with van der Waals surface area (Å²) in [6.07, 6.45) is 0.271. The Morgan fingerprint density at radius 1 is 1.53 bits per heavy atom. The number of anilines is 1. The highest BCUT2D eigenvalue weighted by atomic mass is 35.5. The van der Waals surface area contributed by atoms with E-state index in [0.29, 0.717) is 29.5 Å². The zero-order valence-electron chi connectivity index (χ0n) is 10.7. The van der Waals surface area contributed by atoms with Gasteiger partial charge in [0.1, 0.15) is 6.61 Å². The van der Waals surface area contributed by atoms with E-state index in [1.54, 1.807) is 18.2 Å². The number of aliphatic hydroxyl groups is 1. The van der Waals surface area contributed by atoms with Crippen molar-refractivity contribution in [2.24, 2.45) is 0 Å². The smallest absolute Gasteiger partial charge is 0.226 e. The standard InChI is InChI=1S/C14H16ClNO3/c1-2-19-9-7-14(18)16-13-10-12(15)6-5-11(13)4-3-8-17/h5-6,10,17H,2,7-9H2,1H3,(H,16,18). The number of carbonyl (C=O) groups is 1. The Bertz CT molecular complexity index is 491. The Morgan fingerprint density at radius 3 is 3.00 bits per heavy atom. The summed E-state index contributed by atoms with van der Waals surface area (Å²) in [5.74, 6) is 5.13. The van der Waals surface area contributed by atoms with Crippen molar-refractivity contribution in [3.8, 4) is 11.8 Å². The fourth-order valence-corrected chi connectivity index (χ4v) is 1.56. The lowest BCUT2D eigenvalue weighted by Gasteiger charge is -2.08. The molecule has 0 saturated heterocycles. The fraction of sp³-hybridized carbons (Fsp3) is 0.357. The molecule has 0 saturated carbocycles. The van der Waals surface area contributed by atoms with Gasteiger partial charge in [0.15, 0.2) is 0 Å². The predicted molar refractivity (Wildman–Crippen MR) is 75.2 cm³/mol. The van der Waals surface area contributed by atoms with Crippen LogP contribution in [-0.2, 0) is 9.53 Å². The molecule has 0 radical (unpaired) electrons. The molecule has 0 aliphatic rings. The summed E-state index contributed by atoms with van der Waals surface area (Å²) in [5.41, 5.74) is 1.15. The first-order valence-corrected chi connectivity index (χ1v) is 6.32. The number of amides is 1. The first-order chi connectivity index (χ1) is 9.17. The van der Waals surface area contributed by atoms with E-state index in [1.807, 2.05) is 6.92 Å². The van der Waals surface area contributed by atoms with Gasteiger partial charge in [0, 0.05) is 17.2 Å². The van der Waals surface area contributed by atoms with Crippen molar-refractivity contribution in [3.05, 3.63) is 28.8 Å². The van der Waals surface area contributed by atoms with Crippen LogP contribution in [0.2, 0.25) is 5.02 Å². The van der Waals surface area contributed by atoms with Crippen molar-refractivity contribution in [2.75, 3.05) is 25.1 Å². The molecule has 0 fully saturated rings. The van der Waals surface area contributed by atoms with Crippen molar-refractivity contribution in [3.63, 3.8) is 0 Å². The third-order valence-electron chi connectivity index (χ3n) is 2.24. The molecule has 0 heterocycles. The van der Waals surface area contributed by atoms with Crippen LogP contribution in [0.1, 0.15) is 18.9 Å². The highest BCUT2D eigenvalue weighted by Gasteiger charge is 2.06. The van der Waals surface area contributed by atoms with Crippen LogP contribution in [0.25, 0.3) is 0 Å². The summed E-state index contributed by atoms with van der Waals surface area (Å²) in [6, 6.07) is 5.00. The van der Waals surface area contributed by atoms with Crippen LogP contribution in [-0.4, -0.2) is 30.8 Å². The molecule has 4 nitrogen and oxygen atoms in total. The van der Waals surface area contributed by atoms with Gasteiger partial charge in [0.05, 0.1) is 18.7 Å². The molecule has 1 amide bonds. The van der Waals surface area contributed by atoms with Crippen molar-refractivity contribution < 1.29 is 14.6 Å². The fourth-order valence-electron chi connectivity index (χ4n) is 1.39. The van der Waals surface area contributed by atoms with Gasteiger partial charge in [-0.15, -0.1) is 0 Å². The van der Waals surface area contributed by atoms with Gasteiger partial charge in [-0.05, 0) is 25.1 Å². The van der Waals surface area contributed by atoms with E-state index in [4.69, 9.17) is 21.4 Å². The van der Waals surface area contributed by atoms with Gasteiger partial charge >= 0.3 is 0 Å². The second kappa shape index (κ2) is 8.54. The predicted octanol–water partition coefficient (Wildman–Crippen LogP) is 2.05. The molecule has 0 atom stereocenters. The largest absolute Gasteiger partial charge is 0.384 e. The lowest BCUT2D eigenvalue weighted by Crippen LogP contribution is -2.15. The Kier molecular flexibility index (Phi) is 6.98. The highest BCUT2D eigenvalue weighted by Crippen LogP contribution is 2.20. The molecule has 1 aromatic carbocycles. The van der Waals surface area contributed by atoms with Crippen LogP contribution in [0.3, 0.4) is 0 Å². The minimum absolute atomic E-state index is 0.164. The molecule has 2 N–H and O–H groups in total. The molecule has 1 rings (SSSR count). The number of carbonyl (C=O) groups excluding carboxylic acids is 1. The zero-order chi connectivity index (χ0) is 14.1. The van der Waals surface area contributed by atoms with Crippen LogP contribution in [0.4, 0.5) is 5.69 Å². The number of aliphatic hydroxyl groups excluding tert-OH is 1. The first kappa shape index (κ1) is 15.5. The van der Waals surface area contributed by atoms with Gasteiger partial charge in [0.2, 0.25) is 5.91 Å². The summed E-state index contributed by atoms with van der Waals surface area (Å²) in [4.78, 5) is 11.7. The van der Waals surface area contributed by atoms with Gasteiger partial charge in [-0.3, -0.25) is 4.79 Å². The lowest BCUT2D eigenvalue weighted by atomic mass is 10.1. The maximum atomic E-state index is 11.7. The van der Waals surface area contributed by atoms with Crippen LogP contribution < -0.4 is 5.32 Å². The van der Waals surface area contributed by atoms with Crippen LogP contribution in [0, 0.1) is 11.8 Å². The van der Waals surface area contributed by atoms with Gasteiger partial charge in [0.25, 0.3) is 0 Å². The number of nitrogens with one attached hydrogen (secondary N) is 1. The average molecular weight is 282 g/mol. The normalized spacial score (nSPS) is 9.63. The number of hydrogen-bond donors (Lipinski definition) is 2. The maximum absolute atomic E-state index is 11.7. The summed E-state index contributed by atoms with van der Waals surface area (Å²) < 4.78 is 5.11. The summed E-state index contributed by atoms with van der Waals surface area (Å²) >= 11 is 5.89. The van der Waals surface area contributed by atoms with E-state index in [1.165, 1.54) is 0 Å². The Morgan fingerprint density at radius 2 is 2.32 bits per heavy atom. The van der Waals surface area contributed by atoms with E-state index in [2.05, 4.69) is 17.2 Å².